The minimum absolute atomic E-state index is 0.0748. The molecule has 1 heterocycles. The van der Waals surface area contributed by atoms with Crippen LogP contribution in [0.3, 0.4) is 0 Å². The van der Waals surface area contributed by atoms with Gasteiger partial charge >= 0.3 is 0 Å². The van der Waals surface area contributed by atoms with E-state index >= 15 is 0 Å². The Labute approximate surface area is 112 Å². The van der Waals surface area contributed by atoms with E-state index in [0.29, 0.717) is 4.34 Å². The molecule has 1 aromatic carbocycles. The van der Waals surface area contributed by atoms with Gasteiger partial charge in [-0.15, -0.1) is 22.9 Å². The second-order valence-corrected chi connectivity index (χ2v) is 5.77. The molecule has 0 aliphatic heterocycles. The van der Waals surface area contributed by atoms with Gasteiger partial charge in [0.05, 0.1) is 14.7 Å². The normalized spacial score (nSPS) is 12.8. The minimum Gasteiger partial charge on any atom is -0.205 e. The molecule has 0 radical (unpaired) electrons. The molecular formula is C11H6Cl3FS. The van der Waals surface area contributed by atoms with Gasteiger partial charge in [0.1, 0.15) is 5.82 Å². The van der Waals surface area contributed by atoms with Gasteiger partial charge in [-0.25, -0.2) is 4.39 Å². The minimum atomic E-state index is -0.446. The third kappa shape index (κ3) is 2.51. The molecule has 2 aromatic rings. The van der Waals surface area contributed by atoms with Crippen molar-refractivity contribution in [1.82, 2.24) is 0 Å². The van der Waals surface area contributed by atoms with Crippen LogP contribution in [0.1, 0.15) is 15.8 Å². The zero-order valence-corrected chi connectivity index (χ0v) is 11.0. The van der Waals surface area contributed by atoms with Gasteiger partial charge < -0.3 is 0 Å². The molecule has 0 saturated carbocycles. The second kappa shape index (κ2) is 4.92. The van der Waals surface area contributed by atoms with E-state index < -0.39 is 5.82 Å². The second-order valence-electron chi connectivity index (χ2n) is 3.18. The Morgan fingerprint density at radius 2 is 1.88 bits per heavy atom. The predicted molar refractivity (Wildman–Crippen MR) is 68.4 cm³/mol. The molecule has 0 aliphatic rings. The fraction of sp³-hybridized carbons (Fsp3) is 0.0909. The lowest BCUT2D eigenvalue weighted by molar-refractivity contribution is 0.627. The third-order valence-electron chi connectivity index (χ3n) is 2.08. The van der Waals surface area contributed by atoms with Crippen molar-refractivity contribution >= 4 is 46.1 Å². The standard InChI is InChI=1S/C11H6Cl3FS/c12-7-5-6(1-2-8(7)15)11(14)9-3-4-10(13)16-9/h1-5,11H. The summed E-state index contributed by atoms with van der Waals surface area (Å²) >= 11 is 19.2. The van der Waals surface area contributed by atoms with Crippen molar-refractivity contribution in [3.05, 3.63) is 55.9 Å². The van der Waals surface area contributed by atoms with E-state index in [0.717, 1.165) is 10.4 Å². The number of thiophene rings is 1. The number of halogens is 4. The molecule has 0 nitrogen and oxygen atoms in total. The van der Waals surface area contributed by atoms with Crippen LogP contribution in [-0.4, -0.2) is 0 Å². The van der Waals surface area contributed by atoms with Crippen LogP contribution in [0.5, 0.6) is 0 Å². The van der Waals surface area contributed by atoms with Crippen LogP contribution in [0.25, 0.3) is 0 Å². The summed E-state index contributed by atoms with van der Waals surface area (Å²) in [4.78, 5) is 0.911. The maximum atomic E-state index is 13.0. The number of alkyl halides is 1. The number of benzene rings is 1. The summed E-state index contributed by atoms with van der Waals surface area (Å²) in [5.74, 6) is -0.446. The van der Waals surface area contributed by atoms with Crippen molar-refractivity contribution < 1.29 is 4.39 Å². The summed E-state index contributed by atoms with van der Waals surface area (Å²) in [5, 5.41) is -0.276. The van der Waals surface area contributed by atoms with Crippen LogP contribution in [0.4, 0.5) is 4.39 Å². The SMILES string of the molecule is Fc1ccc(C(Cl)c2ccc(Cl)s2)cc1Cl. The summed E-state index contributed by atoms with van der Waals surface area (Å²) in [6, 6.07) is 8.08. The van der Waals surface area contributed by atoms with Crippen LogP contribution in [0.2, 0.25) is 9.36 Å². The zero-order chi connectivity index (χ0) is 11.7. The van der Waals surface area contributed by atoms with Gasteiger partial charge in [0.15, 0.2) is 0 Å². The quantitative estimate of drug-likeness (QED) is 0.640. The molecule has 0 fully saturated rings. The molecule has 5 heteroatoms. The number of hydrogen-bond acceptors (Lipinski definition) is 1. The van der Waals surface area contributed by atoms with E-state index in [1.165, 1.54) is 23.5 Å². The van der Waals surface area contributed by atoms with Crippen molar-refractivity contribution in [3.63, 3.8) is 0 Å². The van der Waals surface area contributed by atoms with Crippen LogP contribution in [-0.2, 0) is 0 Å². The topological polar surface area (TPSA) is 0 Å². The molecule has 0 bridgehead atoms. The maximum Gasteiger partial charge on any atom is 0.141 e. The van der Waals surface area contributed by atoms with E-state index in [-0.39, 0.29) is 10.4 Å². The molecule has 2 rings (SSSR count). The average molecular weight is 296 g/mol. The van der Waals surface area contributed by atoms with Gasteiger partial charge in [-0.05, 0) is 29.8 Å². The average Bonchev–Trinajstić information content (AvgIpc) is 2.68. The summed E-state index contributed by atoms with van der Waals surface area (Å²) in [7, 11) is 0. The third-order valence-corrected chi connectivity index (χ3v) is 4.28. The van der Waals surface area contributed by atoms with Crippen molar-refractivity contribution in [1.29, 1.82) is 0 Å². The molecule has 1 unspecified atom stereocenters. The Bertz CT molecular complexity index is 510. The fourth-order valence-electron chi connectivity index (χ4n) is 1.30. The highest BCUT2D eigenvalue weighted by molar-refractivity contribution is 7.16. The first-order chi connectivity index (χ1) is 7.58. The van der Waals surface area contributed by atoms with E-state index in [4.69, 9.17) is 34.8 Å². The maximum absolute atomic E-state index is 13.0. The monoisotopic (exact) mass is 294 g/mol. The Hall–Kier alpha value is -0.280. The molecular weight excluding hydrogens is 290 g/mol. The summed E-state index contributed by atoms with van der Waals surface area (Å²) in [5.41, 5.74) is 0.756. The first-order valence-electron chi connectivity index (χ1n) is 4.42. The van der Waals surface area contributed by atoms with Gasteiger partial charge in [-0.1, -0.05) is 29.3 Å². The lowest BCUT2D eigenvalue weighted by atomic mass is 10.1. The van der Waals surface area contributed by atoms with Crippen molar-refractivity contribution in [3.8, 4) is 0 Å². The summed E-state index contributed by atoms with van der Waals surface area (Å²) in [6.07, 6.45) is 0. The molecule has 0 amide bonds. The molecule has 1 aromatic heterocycles. The first kappa shape index (κ1) is 12.2. The molecule has 1 atom stereocenters. The molecule has 0 saturated heterocycles. The molecule has 0 N–H and O–H groups in total. The van der Waals surface area contributed by atoms with Gasteiger partial charge in [0, 0.05) is 4.88 Å². The lowest BCUT2D eigenvalue weighted by Crippen LogP contribution is -1.91. The number of rotatable bonds is 2. The molecule has 0 aliphatic carbocycles. The van der Waals surface area contributed by atoms with Crippen LogP contribution in [0.15, 0.2) is 30.3 Å². The van der Waals surface area contributed by atoms with Crippen LogP contribution < -0.4 is 0 Å². The largest absolute Gasteiger partial charge is 0.205 e. The van der Waals surface area contributed by atoms with Gasteiger partial charge in [0.25, 0.3) is 0 Å². The molecule has 0 spiro atoms. The Morgan fingerprint density at radius 3 is 2.44 bits per heavy atom. The zero-order valence-electron chi connectivity index (χ0n) is 7.88. The van der Waals surface area contributed by atoms with Gasteiger partial charge in [-0.3, -0.25) is 0 Å². The predicted octanol–water partition coefficient (Wildman–Crippen LogP) is 5.52. The van der Waals surface area contributed by atoms with Crippen LogP contribution >= 0.6 is 46.1 Å². The van der Waals surface area contributed by atoms with Gasteiger partial charge in [-0.2, -0.15) is 0 Å². The van der Waals surface area contributed by atoms with E-state index in [1.54, 1.807) is 12.1 Å². The fourth-order valence-corrected chi connectivity index (χ4v) is 2.90. The van der Waals surface area contributed by atoms with Crippen molar-refractivity contribution in [2.75, 3.05) is 0 Å². The van der Waals surface area contributed by atoms with Crippen molar-refractivity contribution in [2.45, 2.75) is 5.38 Å². The number of hydrogen-bond donors (Lipinski definition) is 0. The van der Waals surface area contributed by atoms with Crippen molar-refractivity contribution in [2.24, 2.45) is 0 Å². The Balaban J connectivity index is 2.33. The van der Waals surface area contributed by atoms with Crippen LogP contribution in [0, 0.1) is 5.82 Å². The van der Waals surface area contributed by atoms with Gasteiger partial charge in [0.2, 0.25) is 0 Å². The highest BCUT2D eigenvalue weighted by Gasteiger charge is 2.14. The summed E-state index contributed by atoms with van der Waals surface area (Å²) in [6.45, 7) is 0. The summed E-state index contributed by atoms with van der Waals surface area (Å²) < 4.78 is 13.7. The van der Waals surface area contributed by atoms with E-state index in [9.17, 15) is 4.39 Å². The first-order valence-corrected chi connectivity index (χ1v) is 6.43. The lowest BCUT2D eigenvalue weighted by Gasteiger charge is -2.08. The van der Waals surface area contributed by atoms with E-state index in [1.807, 2.05) is 6.07 Å². The van der Waals surface area contributed by atoms with E-state index in [2.05, 4.69) is 0 Å². The Morgan fingerprint density at radius 1 is 1.12 bits per heavy atom. The highest BCUT2D eigenvalue weighted by Crippen LogP contribution is 2.36. The highest BCUT2D eigenvalue weighted by atomic mass is 35.5. The smallest absolute Gasteiger partial charge is 0.141 e. The molecule has 16 heavy (non-hydrogen) atoms. The molecule has 84 valence electrons. The Kier molecular flexibility index (Phi) is 3.75.